The van der Waals surface area contributed by atoms with Crippen molar-refractivity contribution in [1.82, 2.24) is 0 Å². The van der Waals surface area contributed by atoms with Crippen LogP contribution in [0, 0.1) is 11.3 Å². The molecule has 4 atom stereocenters. The van der Waals surface area contributed by atoms with Crippen LogP contribution >= 0.6 is 0 Å². The van der Waals surface area contributed by atoms with Crippen molar-refractivity contribution in [1.29, 1.82) is 0 Å². The quantitative estimate of drug-likeness (QED) is 0.649. The summed E-state index contributed by atoms with van der Waals surface area (Å²) in [5, 5.41) is 0. The van der Waals surface area contributed by atoms with Gasteiger partial charge in [0.05, 0.1) is 24.9 Å². The van der Waals surface area contributed by atoms with Gasteiger partial charge in [-0.15, -0.1) is 0 Å². The Labute approximate surface area is 103 Å². The Kier molecular flexibility index (Phi) is 1.94. The van der Waals surface area contributed by atoms with E-state index in [0.717, 1.165) is 26.1 Å². The van der Waals surface area contributed by atoms with Crippen molar-refractivity contribution < 1.29 is 14.2 Å². The molecule has 96 valence electrons. The molecule has 17 heavy (non-hydrogen) atoms. The van der Waals surface area contributed by atoms with Crippen LogP contribution in [0.4, 0.5) is 0 Å². The van der Waals surface area contributed by atoms with E-state index in [2.05, 4.69) is 13.8 Å². The average Bonchev–Trinajstić information content (AvgIpc) is 2.95. The fourth-order valence-corrected chi connectivity index (χ4v) is 4.92. The first kappa shape index (κ1) is 10.8. The average molecular weight is 238 g/mol. The van der Waals surface area contributed by atoms with Gasteiger partial charge in [-0.1, -0.05) is 6.92 Å². The highest BCUT2D eigenvalue weighted by molar-refractivity contribution is 5.14. The van der Waals surface area contributed by atoms with E-state index in [0.29, 0.717) is 17.4 Å². The standard InChI is InChI=1S/C14H22O3/c1-12-5-6-14(15-7-8-16-14)9-10(12)13(2)4-3-11(12)17-13/h10-11H,3-9H2,1-2H3/t10-,11+,12-,13-/m1/s1. The molecule has 1 saturated carbocycles. The Morgan fingerprint density at radius 2 is 1.76 bits per heavy atom. The second-order valence-corrected chi connectivity index (χ2v) is 6.83. The fraction of sp³-hybridized carbons (Fsp3) is 1.00. The lowest BCUT2D eigenvalue weighted by atomic mass is 9.56. The zero-order valence-electron chi connectivity index (χ0n) is 10.8. The summed E-state index contributed by atoms with van der Waals surface area (Å²) in [6, 6.07) is 0. The van der Waals surface area contributed by atoms with Gasteiger partial charge in [0.1, 0.15) is 0 Å². The molecule has 3 saturated heterocycles. The largest absolute Gasteiger partial charge is 0.371 e. The van der Waals surface area contributed by atoms with Gasteiger partial charge in [0.25, 0.3) is 0 Å². The number of ether oxygens (including phenoxy) is 3. The zero-order valence-corrected chi connectivity index (χ0v) is 10.8. The van der Waals surface area contributed by atoms with Crippen LogP contribution in [-0.4, -0.2) is 30.7 Å². The normalized spacial score (nSPS) is 55.4. The highest BCUT2D eigenvalue weighted by Crippen LogP contribution is 2.65. The Morgan fingerprint density at radius 3 is 2.53 bits per heavy atom. The van der Waals surface area contributed by atoms with Gasteiger partial charge in [-0.2, -0.15) is 0 Å². The molecular weight excluding hydrogens is 216 g/mol. The number of fused-ring (bicyclic) bond motifs is 5. The molecular formula is C14H22O3. The first-order valence-electron chi connectivity index (χ1n) is 7.02. The van der Waals surface area contributed by atoms with Crippen LogP contribution < -0.4 is 0 Å². The molecule has 0 unspecified atom stereocenters. The van der Waals surface area contributed by atoms with Crippen molar-refractivity contribution in [2.24, 2.45) is 11.3 Å². The van der Waals surface area contributed by atoms with E-state index in [1.165, 1.54) is 19.3 Å². The van der Waals surface area contributed by atoms with Crippen LogP contribution in [0.3, 0.4) is 0 Å². The number of rotatable bonds is 0. The molecule has 1 aliphatic carbocycles. The van der Waals surface area contributed by atoms with Gasteiger partial charge < -0.3 is 14.2 Å². The SMILES string of the molecule is C[C@@]12CCC3(C[C@H]1[C@@]1(C)CC[C@@H]2O1)OCCO3. The topological polar surface area (TPSA) is 27.7 Å². The lowest BCUT2D eigenvalue weighted by Gasteiger charge is -2.50. The van der Waals surface area contributed by atoms with Crippen molar-refractivity contribution in [3.05, 3.63) is 0 Å². The second-order valence-electron chi connectivity index (χ2n) is 6.83. The highest BCUT2D eigenvalue weighted by atomic mass is 16.7. The summed E-state index contributed by atoms with van der Waals surface area (Å²) in [4.78, 5) is 0. The van der Waals surface area contributed by atoms with Crippen molar-refractivity contribution in [2.75, 3.05) is 13.2 Å². The second kappa shape index (κ2) is 3.06. The minimum Gasteiger partial charge on any atom is -0.371 e. The minimum absolute atomic E-state index is 0.0855. The maximum absolute atomic E-state index is 6.30. The third-order valence-corrected chi connectivity index (χ3v) is 5.96. The molecule has 4 fully saturated rings. The van der Waals surface area contributed by atoms with Crippen LogP contribution in [0.25, 0.3) is 0 Å². The van der Waals surface area contributed by atoms with E-state index in [4.69, 9.17) is 14.2 Å². The van der Waals surface area contributed by atoms with Crippen molar-refractivity contribution in [2.45, 2.75) is 63.4 Å². The zero-order chi connectivity index (χ0) is 11.7. The molecule has 3 heteroatoms. The Balaban J connectivity index is 1.68. The maximum atomic E-state index is 6.30. The predicted octanol–water partition coefficient (Wildman–Crippen LogP) is 2.49. The van der Waals surface area contributed by atoms with E-state index in [1.807, 2.05) is 0 Å². The van der Waals surface area contributed by atoms with E-state index in [1.54, 1.807) is 0 Å². The van der Waals surface area contributed by atoms with Gasteiger partial charge >= 0.3 is 0 Å². The van der Waals surface area contributed by atoms with Crippen LogP contribution in [0.5, 0.6) is 0 Å². The lowest BCUT2D eigenvalue weighted by molar-refractivity contribution is -0.211. The van der Waals surface area contributed by atoms with Crippen LogP contribution in [0.15, 0.2) is 0 Å². The molecule has 3 nitrogen and oxygen atoms in total. The third kappa shape index (κ3) is 1.23. The highest BCUT2D eigenvalue weighted by Gasteiger charge is 2.66. The molecule has 2 bridgehead atoms. The van der Waals surface area contributed by atoms with Crippen LogP contribution in [0.1, 0.15) is 46.0 Å². The molecule has 4 rings (SSSR count). The van der Waals surface area contributed by atoms with Gasteiger partial charge in [0.2, 0.25) is 0 Å². The summed E-state index contributed by atoms with van der Waals surface area (Å²) < 4.78 is 18.1. The minimum atomic E-state index is -0.263. The Hall–Kier alpha value is -0.120. The van der Waals surface area contributed by atoms with E-state index in [-0.39, 0.29) is 11.4 Å². The predicted molar refractivity (Wildman–Crippen MR) is 62.6 cm³/mol. The summed E-state index contributed by atoms with van der Waals surface area (Å²) in [6.07, 6.45) is 6.23. The molecule has 0 aromatic rings. The molecule has 3 aliphatic heterocycles. The first-order valence-corrected chi connectivity index (χ1v) is 7.02. The monoisotopic (exact) mass is 238 g/mol. The summed E-state index contributed by atoms with van der Waals surface area (Å²) in [7, 11) is 0. The Bertz CT molecular complexity index is 349. The third-order valence-electron chi connectivity index (χ3n) is 5.96. The van der Waals surface area contributed by atoms with Gasteiger partial charge in [-0.05, 0) is 31.6 Å². The van der Waals surface area contributed by atoms with Crippen molar-refractivity contribution >= 4 is 0 Å². The molecule has 1 spiro atoms. The number of hydrogen-bond acceptors (Lipinski definition) is 3. The molecule has 4 aliphatic rings. The van der Waals surface area contributed by atoms with Crippen LogP contribution in [0.2, 0.25) is 0 Å². The summed E-state index contributed by atoms with van der Waals surface area (Å²) in [5.41, 5.74) is 0.454. The van der Waals surface area contributed by atoms with Gasteiger partial charge in [-0.3, -0.25) is 0 Å². The van der Waals surface area contributed by atoms with E-state index in [9.17, 15) is 0 Å². The summed E-state index contributed by atoms with van der Waals surface area (Å²) in [6.45, 7) is 6.26. The number of hydrogen-bond donors (Lipinski definition) is 0. The van der Waals surface area contributed by atoms with Gasteiger partial charge in [0.15, 0.2) is 5.79 Å². The van der Waals surface area contributed by atoms with Gasteiger partial charge in [0, 0.05) is 18.8 Å². The van der Waals surface area contributed by atoms with Crippen molar-refractivity contribution in [3.63, 3.8) is 0 Å². The van der Waals surface area contributed by atoms with Gasteiger partial charge in [-0.25, -0.2) is 0 Å². The van der Waals surface area contributed by atoms with Crippen LogP contribution in [-0.2, 0) is 14.2 Å². The fourth-order valence-electron chi connectivity index (χ4n) is 4.92. The molecule has 0 aromatic carbocycles. The molecule has 0 radical (unpaired) electrons. The molecule has 3 heterocycles. The molecule has 0 amide bonds. The summed E-state index contributed by atoms with van der Waals surface area (Å²) >= 11 is 0. The molecule has 0 N–H and O–H groups in total. The lowest BCUT2D eigenvalue weighted by Crippen LogP contribution is -2.52. The van der Waals surface area contributed by atoms with E-state index < -0.39 is 0 Å². The summed E-state index contributed by atoms with van der Waals surface area (Å²) in [5.74, 6) is 0.349. The Morgan fingerprint density at radius 1 is 1.00 bits per heavy atom. The molecule has 0 aromatic heterocycles. The smallest absolute Gasteiger partial charge is 0.168 e. The first-order chi connectivity index (χ1) is 8.07. The van der Waals surface area contributed by atoms with E-state index >= 15 is 0 Å². The van der Waals surface area contributed by atoms with Crippen molar-refractivity contribution in [3.8, 4) is 0 Å². The maximum Gasteiger partial charge on any atom is 0.168 e.